The molecule has 0 N–H and O–H groups in total. The van der Waals surface area contributed by atoms with Gasteiger partial charge in [0.1, 0.15) is 0 Å². The van der Waals surface area contributed by atoms with Gasteiger partial charge in [-0.3, -0.25) is 0 Å². The molecular formula is C16H9F3N2. The van der Waals surface area contributed by atoms with Crippen LogP contribution in [0.4, 0.5) is 13.2 Å². The number of aromatic nitrogens is 2. The van der Waals surface area contributed by atoms with E-state index in [1.54, 1.807) is 12.5 Å². The first-order valence-electron chi connectivity index (χ1n) is 6.42. The van der Waals surface area contributed by atoms with Crippen LogP contribution in [-0.2, 0) is 0 Å². The lowest BCUT2D eigenvalue weighted by atomic mass is 9.97. The van der Waals surface area contributed by atoms with E-state index < -0.39 is 23.5 Å². The molecule has 0 saturated heterocycles. The summed E-state index contributed by atoms with van der Waals surface area (Å²) in [6.45, 7) is 0. The topological polar surface area (TPSA) is 17.8 Å². The molecule has 5 heteroatoms. The standard InChI is InChI=1S/C16H9F3N2/c17-12-5-9(6-13(18)15(12)19)16-11-4-2-1-3-10(11)14-7-20-8-21(14)16/h1-8,16H. The zero-order valence-corrected chi connectivity index (χ0v) is 10.7. The third-order valence-corrected chi connectivity index (χ3v) is 3.80. The Morgan fingerprint density at radius 3 is 2.48 bits per heavy atom. The van der Waals surface area contributed by atoms with Gasteiger partial charge in [0.2, 0.25) is 0 Å². The van der Waals surface area contributed by atoms with Crippen molar-refractivity contribution in [3.63, 3.8) is 0 Å². The van der Waals surface area contributed by atoms with Crippen LogP contribution < -0.4 is 0 Å². The lowest BCUT2D eigenvalue weighted by Gasteiger charge is -2.15. The number of hydrogen-bond donors (Lipinski definition) is 0. The smallest absolute Gasteiger partial charge is 0.194 e. The molecule has 0 saturated carbocycles. The molecule has 0 bridgehead atoms. The molecule has 104 valence electrons. The summed E-state index contributed by atoms with van der Waals surface area (Å²) in [6, 6.07) is 9.25. The first-order valence-corrected chi connectivity index (χ1v) is 6.42. The number of fused-ring (bicyclic) bond motifs is 3. The predicted octanol–water partition coefficient (Wildman–Crippen LogP) is 3.92. The lowest BCUT2D eigenvalue weighted by Crippen LogP contribution is -2.08. The summed E-state index contributed by atoms with van der Waals surface area (Å²) in [7, 11) is 0. The van der Waals surface area contributed by atoms with Crippen LogP contribution in [-0.4, -0.2) is 9.55 Å². The minimum Gasteiger partial charge on any atom is -0.319 e. The molecule has 0 aliphatic carbocycles. The van der Waals surface area contributed by atoms with Gasteiger partial charge in [0.15, 0.2) is 17.5 Å². The van der Waals surface area contributed by atoms with Crippen molar-refractivity contribution in [3.05, 3.63) is 77.5 Å². The Labute approximate surface area is 118 Å². The van der Waals surface area contributed by atoms with Crippen LogP contribution in [0.2, 0.25) is 0 Å². The molecule has 0 spiro atoms. The second-order valence-electron chi connectivity index (χ2n) is 4.97. The Bertz CT molecular complexity index is 831. The second kappa shape index (κ2) is 4.22. The van der Waals surface area contributed by atoms with Gasteiger partial charge in [0.05, 0.1) is 24.3 Å². The molecule has 0 fully saturated rings. The third-order valence-electron chi connectivity index (χ3n) is 3.80. The predicted molar refractivity (Wildman–Crippen MR) is 71.2 cm³/mol. The summed E-state index contributed by atoms with van der Waals surface area (Å²) >= 11 is 0. The molecule has 0 amide bonds. The summed E-state index contributed by atoms with van der Waals surface area (Å²) in [4.78, 5) is 4.08. The van der Waals surface area contributed by atoms with E-state index in [1.807, 2.05) is 28.8 Å². The summed E-state index contributed by atoms with van der Waals surface area (Å²) in [5.41, 5.74) is 3.11. The van der Waals surface area contributed by atoms with Crippen molar-refractivity contribution < 1.29 is 13.2 Å². The SMILES string of the molecule is Fc1cc(C2c3ccccc3-c3cncn32)cc(F)c1F. The molecular weight excluding hydrogens is 277 g/mol. The van der Waals surface area contributed by atoms with Crippen LogP contribution in [0.5, 0.6) is 0 Å². The Morgan fingerprint density at radius 1 is 1.00 bits per heavy atom. The maximum absolute atomic E-state index is 13.5. The zero-order chi connectivity index (χ0) is 14.6. The minimum atomic E-state index is -1.45. The Hall–Kier alpha value is -2.56. The fourth-order valence-corrected chi connectivity index (χ4v) is 2.91. The largest absolute Gasteiger partial charge is 0.319 e. The summed E-state index contributed by atoms with van der Waals surface area (Å²) < 4.78 is 42.1. The number of hydrogen-bond acceptors (Lipinski definition) is 1. The van der Waals surface area contributed by atoms with Gasteiger partial charge in [-0.25, -0.2) is 18.2 Å². The monoisotopic (exact) mass is 286 g/mol. The van der Waals surface area contributed by atoms with E-state index in [4.69, 9.17) is 0 Å². The molecule has 1 unspecified atom stereocenters. The molecule has 1 aromatic heterocycles. The highest BCUT2D eigenvalue weighted by atomic mass is 19.2. The minimum absolute atomic E-state index is 0.357. The van der Waals surface area contributed by atoms with Gasteiger partial charge in [-0.05, 0) is 23.3 Å². The molecule has 21 heavy (non-hydrogen) atoms. The van der Waals surface area contributed by atoms with E-state index in [1.165, 1.54) is 0 Å². The molecule has 1 atom stereocenters. The highest BCUT2D eigenvalue weighted by Crippen LogP contribution is 2.42. The maximum Gasteiger partial charge on any atom is 0.194 e. The van der Waals surface area contributed by atoms with Crippen molar-refractivity contribution in [2.75, 3.05) is 0 Å². The van der Waals surface area contributed by atoms with Crippen LogP contribution in [0.15, 0.2) is 48.9 Å². The normalized spacial score (nSPS) is 15.9. The van der Waals surface area contributed by atoms with Crippen molar-refractivity contribution in [1.82, 2.24) is 9.55 Å². The number of benzene rings is 2. The van der Waals surface area contributed by atoms with E-state index in [9.17, 15) is 13.2 Å². The van der Waals surface area contributed by atoms with Crippen LogP contribution in [0.25, 0.3) is 11.3 Å². The Balaban J connectivity index is 1.98. The molecule has 3 aromatic rings. The molecule has 0 radical (unpaired) electrons. The summed E-state index contributed by atoms with van der Waals surface area (Å²) in [5.74, 6) is -3.82. The van der Waals surface area contributed by atoms with E-state index in [-0.39, 0.29) is 0 Å². The van der Waals surface area contributed by atoms with E-state index in [0.29, 0.717) is 5.56 Å². The van der Waals surface area contributed by atoms with Crippen LogP contribution in [0.3, 0.4) is 0 Å². The van der Waals surface area contributed by atoms with Gasteiger partial charge < -0.3 is 4.57 Å². The maximum atomic E-state index is 13.5. The van der Waals surface area contributed by atoms with Crippen molar-refractivity contribution >= 4 is 0 Å². The average molecular weight is 286 g/mol. The first kappa shape index (κ1) is 12.2. The van der Waals surface area contributed by atoms with Crippen LogP contribution >= 0.6 is 0 Å². The van der Waals surface area contributed by atoms with Crippen molar-refractivity contribution in [1.29, 1.82) is 0 Å². The quantitative estimate of drug-likeness (QED) is 0.485. The summed E-state index contributed by atoms with van der Waals surface area (Å²) in [6.07, 6.45) is 3.31. The number of nitrogens with zero attached hydrogens (tertiary/aromatic N) is 2. The first-order chi connectivity index (χ1) is 10.2. The highest BCUT2D eigenvalue weighted by Gasteiger charge is 2.30. The van der Waals surface area contributed by atoms with Crippen LogP contribution in [0.1, 0.15) is 17.2 Å². The molecule has 1 aliphatic rings. The van der Waals surface area contributed by atoms with Crippen molar-refractivity contribution in [3.8, 4) is 11.3 Å². The number of halogens is 3. The Morgan fingerprint density at radius 2 is 1.71 bits per heavy atom. The third kappa shape index (κ3) is 1.63. The Kier molecular flexibility index (Phi) is 2.45. The summed E-state index contributed by atoms with van der Waals surface area (Å²) in [5, 5.41) is 0. The average Bonchev–Trinajstić information content (AvgIpc) is 3.04. The molecule has 2 nitrogen and oxygen atoms in total. The molecule has 2 heterocycles. The van der Waals surface area contributed by atoms with Gasteiger partial charge in [-0.15, -0.1) is 0 Å². The van der Waals surface area contributed by atoms with Crippen molar-refractivity contribution in [2.45, 2.75) is 6.04 Å². The molecule has 2 aromatic carbocycles. The molecule has 1 aliphatic heterocycles. The van der Waals surface area contributed by atoms with Gasteiger partial charge >= 0.3 is 0 Å². The van der Waals surface area contributed by atoms with Gasteiger partial charge in [-0.1, -0.05) is 24.3 Å². The van der Waals surface area contributed by atoms with Gasteiger partial charge in [0, 0.05) is 5.56 Å². The second-order valence-corrected chi connectivity index (χ2v) is 4.97. The number of rotatable bonds is 1. The van der Waals surface area contributed by atoms with E-state index in [2.05, 4.69) is 4.98 Å². The lowest BCUT2D eigenvalue weighted by molar-refractivity contribution is 0.443. The van der Waals surface area contributed by atoms with E-state index in [0.717, 1.165) is 29.0 Å². The van der Waals surface area contributed by atoms with Gasteiger partial charge in [0.25, 0.3) is 0 Å². The van der Waals surface area contributed by atoms with Crippen molar-refractivity contribution in [2.24, 2.45) is 0 Å². The molecule has 4 rings (SSSR count). The fraction of sp³-hybridized carbons (Fsp3) is 0.0625. The van der Waals surface area contributed by atoms with Crippen LogP contribution in [0, 0.1) is 17.5 Å². The zero-order valence-electron chi connectivity index (χ0n) is 10.7. The number of imidazole rings is 1. The highest BCUT2D eigenvalue weighted by molar-refractivity contribution is 5.70. The fourth-order valence-electron chi connectivity index (χ4n) is 2.91. The van der Waals surface area contributed by atoms with Gasteiger partial charge in [-0.2, -0.15) is 0 Å². The van der Waals surface area contributed by atoms with E-state index >= 15 is 0 Å².